The molecule has 3 heteroatoms. The molecule has 56 valence electrons. The van der Waals surface area contributed by atoms with Gasteiger partial charge in [0.05, 0.1) is 0 Å². The molecule has 0 saturated carbocycles. The zero-order valence-corrected chi connectivity index (χ0v) is 9.50. The Hall–Kier alpha value is -0.124. The van der Waals surface area contributed by atoms with Gasteiger partial charge in [0.1, 0.15) is 0 Å². The van der Waals surface area contributed by atoms with Gasteiger partial charge >= 0.3 is 23.1 Å². The minimum atomic E-state index is 0. The van der Waals surface area contributed by atoms with E-state index in [-0.39, 0.29) is 40.0 Å². The van der Waals surface area contributed by atoms with E-state index in [9.17, 15) is 0 Å². The maximum absolute atomic E-state index is 4.06. The summed E-state index contributed by atoms with van der Waals surface area (Å²) in [5.41, 5.74) is 1.00. The van der Waals surface area contributed by atoms with Gasteiger partial charge in [0, 0.05) is 0 Å². The van der Waals surface area contributed by atoms with Crippen LogP contribution in [0.3, 0.4) is 0 Å². The Morgan fingerprint density at radius 3 is 2.58 bits per heavy atom. The smallest absolute Gasteiger partial charge is 1.00 e. The van der Waals surface area contributed by atoms with Gasteiger partial charge in [-0.15, -0.1) is 5.39 Å². The molecule has 0 amide bonds. The average Bonchev–Trinajstić information content (AvgIpc) is 2.05. The van der Waals surface area contributed by atoms with Crippen LogP contribution in [0.15, 0.2) is 36.4 Å². The van der Waals surface area contributed by atoms with E-state index in [1.54, 1.807) is 0 Å². The normalized spacial score (nSPS) is 8.33. The number of aromatic nitrogens is 1. The Labute approximate surface area is 98.1 Å². The molecule has 1 heterocycles. The van der Waals surface area contributed by atoms with Crippen LogP contribution in [0.2, 0.25) is 0 Å². The Balaban J connectivity index is 0.000000605. The van der Waals surface area contributed by atoms with Crippen LogP contribution in [0.4, 0.5) is 0 Å². The maximum Gasteiger partial charge on any atom is 2.00 e. The number of hydrogen-bond acceptors (Lipinski definition) is 1. The first-order valence-electron chi connectivity index (χ1n) is 3.19. The first-order chi connectivity index (χ1) is 4.97. The third kappa shape index (κ3) is 2.43. The quantitative estimate of drug-likeness (QED) is 0.405. The van der Waals surface area contributed by atoms with Crippen molar-refractivity contribution in [1.82, 2.24) is 4.98 Å². The molecule has 0 unspecified atom stereocenters. The van der Waals surface area contributed by atoms with Gasteiger partial charge in [-0.1, -0.05) is 30.5 Å². The first kappa shape index (κ1) is 11.9. The second-order valence-corrected chi connectivity index (χ2v) is 2.13. The zero-order chi connectivity index (χ0) is 6.81. The first-order valence-corrected chi connectivity index (χ1v) is 3.19. The van der Waals surface area contributed by atoms with E-state index in [4.69, 9.17) is 0 Å². The van der Waals surface area contributed by atoms with Crippen LogP contribution in [-0.2, 0) is 0 Å². The van der Waals surface area contributed by atoms with Crippen molar-refractivity contribution in [3.8, 4) is 0 Å². The van der Waals surface area contributed by atoms with Crippen molar-refractivity contribution in [2.75, 3.05) is 0 Å². The predicted molar refractivity (Wildman–Crippen MR) is 46.3 cm³/mol. The van der Waals surface area contributed by atoms with Crippen LogP contribution in [0, 0.1) is 6.20 Å². The van der Waals surface area contributed by atoms with Gasteiger partial charge in [0.2, 0.25) is 0 Å². The molecule has 0 aliphatic heterocycles. The molecule has 1 aromatic carbocycles. The fraction of sp³-hybridized carbons (Fsp3) is 0. The van der Waals surface area contributed by atoms with Crippen molar-refractivity contribution in [2.24, 2.45) is 0 Å². The molecule has 0 aliphatic carbocycles. The van der Waals surface area contributed by atoms with Crippen molar-refractivity contribution < 1.29 is 17.0 Å². The summed E-state index contributed by atoms with van der Waals surface area (Å²) in [6.45, 7) is 0. The molecule has 12 heavy (non-hydrogen) atoms. The molecule has 0 fully saturated rings. The molecule has 0 saturated heterocycles. The van der Waals surface area contributed by atoms with E-state index >= 15 is 0 Å². The monoisotopic (exact) mass is 231 g/mol. The molecule has 0 N–H and O–H groups in total. The maximum atomic E-state index is 4.06. The molecule has 0 aliphatic rings. The van der Waals surface area contributed by atoms with Crippen molar-refractivity contribution in [1.29, 1.82) is 0 Å². The second-order valence-electron chi connectivity index (χ2n) is 2.13. The summed E-state index contributed by atoms with van der Waals surface area (Å²) in [5.74, 6) is 0. The van der Waals surface area contributed by atoms with Crippen LogP contribution in [0.1, 0.15) is 0 Å². The van der Waals surface area contributed by atoms with E-state index in [0.717, 1.165) is 5.52 Å². The Kier molecular flexibility index (Phi) is 5.45. The van der Waals surface area contributed by atoms with E-state index in [1.165, 1.54) is 5.39 Å². The molecule has 1 nitrogen and oxygen atoms in total. The summed E-state index contributed by atoms with van der Waals surface area (Å²) >= 11 is 0. The Morgan fingerprint density at radius 1 is 1.08 bits per heavy atom. The number of nitrogens with zero attached hydrogens (tertiary/aromatic N) is 1. The van der Waals surface area contributed by atoms with Gasteiger partial charge in [-0.3, -0.25) is 0 Å². The molecule has 2 aromatic rings. The predicted octanol–water partition coefficient (Wildman–Crippen LogP) is -1.34. The molecular weight excluding hydrogens is 226 g/mol. The van der Waals surface area contributed by atoms with Crippen LogP contribution < -0.4 is 17.0 Å². The number of para-hydroxylation sites is 1. The van der Waals surface area contributed by atoms with E-state index in [2.05, 4.69) is 11.2 Å². The minimum Gasteiger partial charge on any atom is -1.00 e. The zero-order valence-electron chi connectivity index (χ0n) is 6.50. The largest absolute Gasteiger partial charge is 2.00 e. The minimum absolute atomic E-state index is 0. The van der Waals surface area contributed by atoms with E-state index < -0.39 is 0 Å². The molecule has 2 rings (SSSR count). The molecule has 0 spiro atoms. The molecule has 1 aromatic heterocycles. The molecular formula is C9H6BrMgN. The molecule has 0 bridgehead atoms. The summed E-state index contributed by atoms with van der Waals surface area (Å²) in [5, 5.41) is 1.17. The summed E-state index contributed by atoms with van der Waals surface area (Å²) in [6, 6.07) is 11.8. The van der Waals surface area contributed by atoms with Gasteiger partial charge in [0.25, 0.3) is 0 Å². The number of benzene rings is 1. The summed E-state index contributed by atoms with van der Waals surface area (Å²) in [7, 11) is 0. The Morgan fingerprint density at radius 2 is 1.83 bits per heavy atom. The standard InChI is InChI=1S/C9H6N.BrH.Mg/c1-2-6-9-8(4-1)5-3-7-10-9;;/h1-6H;1H;/q-1;;+2/p-1. The number of pyridine rings is 1. The van der Waals surface area contributed by atoms with Crippen molar-refractivity contribution in [3.63, 3.8) is 0 Å². The van der Waals surface area contributed by atoms with Gasteiger partial charge < -0.3 is 22.0 Å². The van der Waals surface area contributed by atoms with Crippen molar-refractivity contribution in [3.05, 3.63) is 42.6 Å². The fourth-order valence-electron chi connectivity index (χ4n) is 0.964. The van der Waals surface area contributed by atoms with Gasteiger partial charge in [-0.2, -0.15) is 12.1 Å². The molecule has 0 radical (unpaired) electrons. The summed E-state index contributed by atoms with van der Waals surface area (Å²) in [4.78, 5) is 4.06. The van der Waals surface area contributed by atoms with Crippen molar-refractivity contribution >= 4 is 34.0 Å². The fourth-order valence-corrected chi connectivity index (χ4v) is 0.964. The van der Waals surface area contributed by atoms with Gasteiger partial charge in [-0.25, -0.2) is 0 Å². The third-order valence-electron chi connectivity index (χ3n) is 1.46. The second kappa shape index (κ2) is 5.51. The number of fused-ring (bicyclic) bond motifs is 1. The van der Waals surface area contributed by atoms with Crippen LogP contribution >= 0.6 is 0 Å². The van der Waals surface area contributed by atoms with Gasteiger partial charge in [0.15, 0.2) is 0 Å². The molecule has 0 atom stereocenters. The summed E-state index contributed by atoms with van der Waals surface area (Å²) < 4.78 is 0. The number of rotatable bonds is 0. The van der Waals surface area contributed by atoms with E-state index in [1.807, 2.05) is 36.4 Å². The SMILES string of the molecule is [Br-].[Mg+2].[c-]1ccc2ccccc2n1. The Bertz CT molecular complexity index is 286. The number of hydrogen-bond donors (Lipinski definition) is 0. The third-order valence-corrected chi connectivity index (χ3v) is 1.46. The van der Waals surface area contributed by atoms with Crippen LogP contribution in [0.5, 0.6) is 0 Å². The topological polar surface area (TPSA) is 12.9 Å². The number of halogens is 1. The average molecular weight is 232 g/mol. The van der Waals surface area contributed by atoms with Crippen molar-refractivity contribution in [2.45, 2.75) is 0 Å². The van der Waals surface area contributed by atoms with Gasteiger partial charge in [-0.05, 0) is 5.52 Å². The van der Waals surface area contributed by atoms with Crippen LogP contribution in [-0.4, -0.2) is 28.0 Å². The summed E-state index contributed by atoms with van der Waals surface area (Å²) in [6.07, 6.45) is 2.79. The van der Waals surface area contributed by atoms with E-state index in [0.29, 0.717) is 0 Å². The van der Waals surface area contributed by atoms with Crippen LogP contribution in [0.25, 0.3) is 10.9 Å².